The molecule has 1 atom stereocenters. The molecule has 1 amide bonds. The lowest BCUT2D eigenvalue weighted by molar-refractivity contribution is -0.389. The number of hydrogen-bond donors (Lipinski definition) is 1. The number of nitrogens with one attached hydrogen (secondary N) is 1. The zero-order chi connectivity index (χ0) is 14.7. The number of carbonyl (C=O) groups excluding carboxylic acids is 1. The molecule has 0 radical (unpaired) electrons. The summed E-state index contributed by atoms with van der Waals surface area (Å²) in [7, 11) is 0. The van der Waals surface area contributed by atoms with E-state index in [0.29, 0.717) is 37.9 Å². The van der Waals surface area contributed by atoms with Gasteiger partial charge in [0, 0.05) is 45.6 Å². The number of hydrogen-bond acceptors (Lipinski definition) is 5. The Kier molecular flexibility index (Phi) is 6.10. The molecule has 0 bridgehead atoms. The number of halogens is 1. The summed E-state index contributed by atoms with van der Waals surface area (Å²) in [6.45, 7) is 6.40. The third-order valence-corrected chi connectivity index (χ3v) is 3.44. The van der Waals surface area contributed by atoms with E-state index in [1.165, 1.54) is 6.20 Å². The quantitative estimate of drug-likeness (QED) is 0.653. The van der Waals surface area contributed by atoms with Gasteiger partial charge < -0.3 is 24.9 Å². The highest BCUT2D eigenvalue weighted by Gasteiger charge is 2.21. The predicted molar refractivity (Wildman–Crippen MR) is 79.5 cm³/mol. The molecule has 9 heteroatoms. The molecule has 118 valence electrons. The smallest absolute Gasteiger partial charge is 0.358 e. The van der Waals surface area contributed by atoms with Gasteiger partial charge in [0.25, 0.3) is 0 Å². The standard InChI is InChI=1S/C12H19N5O3.ClH/c1-9-7-16(6-4-13-9)12(18)3-5-15-8-11(17(19)20)14-10(15)2;/h8-9,13H,3-7H2,1-2H3;1H. The van der Waals surface area contributed by atoms with Gasteiger partial charge in [-0.1, -0.05) is 0 Å². The van der Waals surface area contributed by atoms with E-state index in [2.05, 4.69) is 10.3 Å². The zero-order valence-corrected chi connectivity index (χ0v) is 12.9. The Labute approximate surface area is 129 Å². The Hall–Kier alpha value is -1.67. The first kappa shape index (κ1) is 17.4. The van der Waals surface area contributed by atoms with E-state index in [-0.39, 0.29) is 24.1 Å². The minimum absolute atomic E-state index is 0. The number of nitro groups is 1. The molecule has 1 aromatic heterocycles. The highest BCUT2D eigenvalue weighted by molar-refractivity contribution is 5.85. The first-order valence-corrected chi connectivity index (χ1v) is 6.66. The summed E-state index contributed by atoms with van der Waals surface area (Å²) in [5.74, 6) is 0.457. The third-order valence-electron chi connectivity index (χ3n) is 3.44. The molecule has 1 saturated heterocycles. The van der Waals surface area contributed by atoms with Crippen LogP contribution < -0.4 is 5.32 Å². The van der Waals surface area contributed by atoms with E-state index in [4.69, 9.17) is 0 Å². The van der Waals surface area contributed by atoms with Crippen LogP contribution in [0.5, 0.6) is 0 Å². The molecule has 1 aliphatic heterocycles. The fourth-order valence-corrected chi connectivity index (χ4v) is 2.34. The molecule has 1 fully saturated rings. The molecule has 0 saturated carbocycles. The number of amides is 1. The van der Waals surface area contributed by atoms with Crippen molar-refractivity contribution in [3.05, 3.63) is 22.1 Å². The Morgan fingerprint density at radius 3 is 2.90 bits per heavy atom. The summed E-state index contributed by atoms with van der Waals surface area (Å²) in [6, 6.07) is 0.309. The minimum Gasteiger partial charge on any atom is -0.358 e. The summed E-state index contributed by atoms with van der Waals surface area (Å²) in [5, 5.41) is 13.9. The summed E-state index contributed by atoms with van der Waals surface area (Å²) >= 11 is 0. The van der Waals surface area contributed by atoms with Crippen molar-refractivity contribution in [2.24, 2.45) is 0 Å². The molecule has 0 spiro atoms. The van der Waals surface area contributed by atoms with E-state index in [0.717, 1.165) is 6.54 Å². The number of aromatic nitrogens is 2. The average Bonchev–Trinajstić information content (AvgIpc) is 2.77. The SMILES string of the molecule is Cc1nc([N+](=O)[O-])cn1CCC(=O)N1CCNC(C)C1.Cl. The normalized spacial score (nSPS) is 18.2. The highest BCUT2D eigenvalue weighted by Crippen LogP contribution is 2.11. The molecule has 1 aliphatic rings. The number of aryl methyl sites for hydroxylation is 2. The molecular formula is C12H20ClN5O3. The molecule has 21 heavy (non-hydrogen) atoms. The summed E-state index contributed by atoms with van der Waals surface area (Å²) < 4.78 is 1.65. The maximum atomic E-state index is 12.1. The van der Waals surface area contributed by atoms with E-state index < -0.39 is 4.92 Å². The van der Waals surface area contributed by atoms with Crippen molar-refractivity contribution in [3.63, 3.8) is 0 Å². The Morgan fingerprint density at radius 1 is 1.62 bits per heavy atom. The van der Waals surface area contributed by atoms with Crippen LogP contribution in [-0.2, 0) is 11.3 Å². The van der Waals surface area contributed by atoms with Gasteiger partial charge in [-0.25, -0.2) is 0 Å². The van der Waals surface area contributed by atoms with E-state index in [1.54, 1.807) is 11.5 Å². The van der Waals surface area contributed by atoms with Crippen LogP contribution >= 0.6 is 12.4 Å². The summed E-state index contributed by atoms with van der Waals surface area (Å²) in [4.78, 5) is 27.9. The van der Waals surface area contributed by atoms with Crippen molar-refractivity contribution < 1.29 is 9.72 Å². The number of nitrogens with zero attached hydrogens (tertiary/aromatic N) is 4. The number of imidazole rings is 1. The maximum absolute atomic E-state index is 12.1. The van der Waals surface area contributed by atoms with Crippen molar-refractivity contribution >= 4 is 24.1 Å². The Balaban J connectivity index is 0.00000220. The summed E-state index contributed by atoms with van der Waals surface area (Å²) in [5.41, 5.74) is 0. The van der Waals surface area contributed by atoms with Gasteiger partial charge in [-0.2, -0.15) is 0 Å². The van der Waals surface area contributed by atoms with Gasteiger partial charge in [-0.3, -0.25) is 4.79 Å². The molecule has 1 unspecified atom stereocenters. The van der Waals surface area contributed by atoms with E-state index >= 15 is 0 Å². The first-order valence-electron chi connectivity index (χ1n) is 6.66. The van der Waals surface area contributed by atoms with Crippen LogP contribution in [0.3, 0.4) is 0 Å². The number of rotatable bonds is 4. The minimum atomic E-state index is -0.524. The van der Waals surface area contributed by atoms with Crippen LogP contribution in [-0.4, -0.2) is 51.0 Å². The second-order valence-corrected chi connectivity index (χ2v) is 5.04. The van der Waals surface area contributed by atoms with Crippen molar-refractivity contribution in [2.75, 3.05) is 19.6 Å². The monoisotopic (exact) mass is 317 g/mol. The van der Waals surface area contributed by atoms with Gasteiger partial charge >= 0.3 is 5.82 Å². The van der Waals surface area contributed by atoms with Gasteiger partial charge in [0.1, 0.15) is 6.20 Å². The molecular weight excluding hydrogens is 298 g/mol. The Bertz CT molecular complexity index is 519. The molecule has 0 aliphatic carbocycles. The maximum Gasteiger partial charge on any atom is 0.381 e. The van der Waals surface area contributed by atoms with Gasteiger partial charge in [-0.05, 0) is 16.8 Å². The van der Waals surface area contributed by atoms with Crippen molar-refractivity contribution in [1.82, 2.24) is 19.8 Å². The number of piperazine rings is 1. The first-order chi connectivity index (χ1) is 9.47. The Morgan fingerprint density at radius 2 is 2.33 bits per heavy atom. The largest absolute Gasteiger partial charge is 0.381 e. The van der Waals surface area contributed by atoms with Crippen molar-refractivity contribution in [3.8, 4) is 0 Å². The molecule has 1 N–H and O–H groups in total. The van der Waals surface area contributed by atoms with Crippen molar-refractivity contribution in [1.29, 1.82) is 0 Å². The van der Waals surface area contributed by atoms with Crippen LogP contribution in [0, 0.1) is 17.0 Å². The zero-order valence-electron chi connectivity index (χ0n) is 12.1. The van der Waals surface area contributed by atoms with Crippen LogP contribution in [0.15, 0.2) is 6.20 Å². The van der Waals surface area contributed by atoms with Gasteiger partial charge in [0.05, 0.1) is 0 Å². The molecule has 0 aromatic carbocycles. The van der Waals surface area contributed by atoms with Gasteiger partial charge in [0.15, 0.2) is 0 Å². The van der Waals surface area contributed by atoms with Crippen LogP contribution in [0.25, 0.3) is 0 Å². The van der Waals surface area contributed by atoms with Gasteiger partial charge in [0.2, 0.25) is 11.7 Å². The topological polar surface area (TPSA) is 93.3 Å². The van der Waals surface area contributed by atoms with Crippen LogP contribution in [0.2, 0.25) is 0 Å². The second-order valence-electron chi connectivity index (χ2n) is 5.04. The summed E-state index contributed by atoms with van der Waals surface area (Å²) in [6.07, 6.45) is 1.71. The van der Waals surface area contributed by atoms with Gasteiger partial charge in [-0.15, -0.1) is 12.4 Å². The predicted octanol–water partition coefficient (Wildman–Crippen LogP) is 0.732. The van der Waals surface area contributed by atoms with Crippen LogP contribution in [0.1, 0.15) is 19.2 Å². The molecule has 2 rings (SSSR count). The lowest BCUT2D eigenvalue weighted by Crippen LogP contribution is -2.51. The molecule has 2 heterocycles. The van der Waals surface area contributed by atoms with Crippen LogP contribution in [0.4, 0.5) is 5.82 Å². The fraction of sp³-hybridized carbons (Fsp3) is 0.667. The third kappa shape index (κ3) is 4.40. The lowest BCUT2D eigenvalue weighted by atomic mass is 10.2. The van der Waals surface area contributed by atoms with Crippen molar-refractivity contribution in [2.45, 2.75) is 32.9 Å². The second kappa shape index (κ2) is 7.37. The lowest BCUT2D eigenvalue weighted by Gasteiger charge is -2.32. The van der Waals surface area contributed by atoms with E-state index in [9.17, 15) is 14.9 Å². The molecule has 1 aromatic rings. The number of carbonyl (C=O) groups is 1. The average molecular weight is 318 g/mol. The van der Waals surface area contributed by atoms with E-state index in [1.807, 2.05) is 11.8 Å². The highest BCUT2D eigenvalue weighted by atomic mass is 35.5. The fourth-order valence-electron chi connectivity index (χ4n) is 2.34. The molecule has 8 nitrogen and oxygen atoms in total.